The van der Waals surface area contributed by atoms with Gasteiger partial charge in [-0.1, -0.05) is 6.08 Å². The number of esters is 2. The fraction of sp³-hybridized carbons (Fsp3) is 0.636. The van der Waals surface area contributed by atoms with Crippen molar-refractivity contribution < 1.29 is 19.1 Å². The molecule has 0 saturated heterocycles. The monoisotopic (exact) mass is 212 g/mol. The summed E-state index contributed by atoms with van der Waals surface area (Å²) in [7, 11) is 2.58. The number of allylic oxidation sites excluding steroid dienone is 1. The molecule has 1 aliphatic rings. The molecule has 4 nitrogen and oxygen atoms in total. The van der Waals surface area contributed by atoms with Crippen molar-refractivity contribution >= 4 is 11.9 Å². The third kappa shape index (κ3) is 1.89. The third-order valence-electron chi connectivity index (χ3n) is 2.92. The van der Waals surface area contributed by atoms with E-state index < -0.39 is 17.4 Å². The first-order valence-corrected chi connectivity index (χ1v) is 4.91. The van der Waals surface area contributed by atoms with E-state index in [0.29, 0.717) is 6.42 Å². The number of hydrogen-bond acceptors (Lipinski definition) is 4. The molecule has 0 heterocycles. The molecule has 1 atom stereocenters. The highest BCUT2D eigenvalue weighted by atomic mass is 16.5. The maximum atomic E-state index is 11.5. The van der Waals surface area contributed by atoms with Crippen molar-refractivity contribution in [1.29, 1.82) is 0 Å². The molecule has 15 heavy (non-hydrogen) atoms. The van der Waals surface area contributed by atoms with Crippen molar-refractivity contribution in [2.45, 2.75) is 19.3 Å². The molecule has 1 rings (SSSR count). The van der Waals surface area contributed by atoms with E-state index in [1.165, 1.54) is 14.2 Å². The maximum absolute atomic E-state index is 11.5. The molecule has 1 saturated carbocycles. The molecular formula is C11H16O4. The first-order valence-electron chi connectivity index (χ1n) is 4.91. The zero-order valence-electron chi connectivity index (χ0n) is 9.12. The fourth-order valence-corrected chi connectivity index (χ4v) is 1.94. The van der Waals surface area contributed by atoms with Gasteiger partial charge in [0.2, 0.25) is 0 Å². The summed E-state index contributed by atoms with van der Waals surface area (Å²) in [5.41, 5.74) is -1.04. The zero-order valence-corrected chi connectivity index (χ0v) is 9.12. The van der Waals surface area contributed by atoms with Crippen LogP contribution in [0.5, 0.6) is 0 Å². The van der Waals surface area contributed by atoms with Gasteiger partial charge in [-0.05, 0) is 25.2 Å². The summed E-state index contributed by atoms with van der Waals surface area (Å²) in [6, 6.07) is 0. The second-order valence-corrected chi connectivity index (χ2v) is 3.72. The second-order valence-electron chi connectivity index (χ2n) is 3.72. The smallest absolute Gasteiger partial charge is 0.323 e. The van der Waals surface area contributed by atoms with Gasteiger partial charge in [0.1, 0.15) is 0 Å². The number of ether oxygens (including phenoxy) is 2. The molecule has 0 aromatic heterocycles. The van der Waals surface area contributed by atoms with Crippen LogP contribution in [-0.4, -0.2) is 26.2 Å². The highest BCUT2D eigenvalue weighted by Crippen LogP contribution is 2.56. The normalized spacial score (nSPS) is 21.6. The molecule has 0 bridgehead atoms. The van der Waals surface area contributed by atoms with Crippen LogP contribution in [0, 0.1) is 11.3 Å². The standard InChI is InChI=1S/C11H16O4/c1-4-5-6-8-7-11(8,9(12)14-2)10(13)15-3/h4,8H,1,5-7H2,2-3H3/t8-/m0/s1. The molecule has 84 valence electrons. The fourth-order valence-electron chi connectivity index (χ4n) is 1.94. The average Bonchev–Trinajstić information content (AvgIpc) is 2.99. The summed E-state index contributed by atoms with van der Waals surface area (Å²) >= 11 is 0. The van der Waals surface area contributed by atoms with Crippen molar-refractivity contribution in [2.75, 3.05) is 14.2 Å². The van der Waals surface area contributed by atoms with Gasteiger partial charge in [-0.25, -0.2) is 0 Å². The van der Waals surface area contributed by atoms with Gasteiger partial charge in [-0.2, -0.15) is 0 Å². The van der Waals surface area contributed by atoms with Gasteiger partial charge in [0.15, 0.2) is 5.41 Å². The van der Waals surface area contributed by atoms with E-state index in [0.717, 1.165) is 12.8 Å². The predicted octanol–water partition coefficient (Wildman–Crippen LogP) is 1.30. The number of hydrogen-bond donors (Lipinski definition) is 0. The minimum atomic E-state index is -1.04. The Bertz CT molecular complexity index is 266. The van der Waals surface area contributed by atoms with Gasteiger partial charge in [-0.15, -0.1) is 6.58 Å². The van der Waals surface area contributed by atoms with Crippen LogP contribution in [0.1, 0.15) is 19.3 Å². The Morgan fingerprint density at radius 3 is 2.33 bits per heavy atom. The van der Waals surface area contributed by atoms with E-state index in [4.69, 9.17) is 0 Å². The van der Waals surface area contributed by atoms with Crippen LogP contribution in [0.25, 0.3) is 0 Å². The Labute approximate surface area is 89.2 Å². The number of carbonyl (C=O) groups excluding carboxylic acids is 2. The van der Waals surface area contributed by atoms with Crippen LogP contribution in [0.15, 0.2) is 12.7 Å². The average molecular weight is 212 g/mol. The number of methoxy groups -OCH3 is 2. The molecule has 0 aliphatic heterocycles. The van der Waals surface area contributed by atoms with Gasteiger partial charge in [-0.3, -0.25) is 9.59 Å². The van der Waals surface area contributed by atoms with Crippen molar-refractivity contribution in [3.05, 3.63) is 12.7 Å². The second kappa shape index (κ2) is 4.47. The first-order chi connectivity index (χ1) is 7.13. The van der Waals surface area contributed by atoms with Gasteiger partial charge < -0.3 is 9.47 Å². The maximum Gasteiger partial charge on any atom is 0.323 e. The lowest BCUT2D eigenvalue weighted by molar-refractivity contribution is -0.162. The van der Waals surface area contributed by atoms with E-state index in [2.05, 4.69) is 16.1 Å². The first kappa shape index (κ1) is 11.8. The van der Waals surface area contributed by atoms with E-state index >= 15 is 0 Å². The summed E-state index contributed by atoms with van der Waals surface area (Å²) in [6.45, 7) is 3.61. The summed E-state index contributed by atoms with van der Waals surface area (Å²) in [5.74, 6) is -0.928. The lowest BCUT2D eigenvalue weighted by atomic mass is 10.0. The molecule has 1 aliphatic carbocycles. The van der Waals surface area contributed by atoms with Gasteiger partial charge in [0.25, 0.3) is 0 Å². The van der Waals surface area contributed by atoms with Crippen LogP contribution in [-0.2, 0) is 19.1 Å². The Kier molecular flexibility index (Phi) is 3.50. The van der Waals surface area contributed by atoms with Gasteiger partial charge in [0, 0.05) is 0 Å². The predicted molar refractivity (Wildman–Crippen MR) is 54.0 cm³/mol. The number of carbonyl (C=O) groups is 2. The molecular weight excluding hydrogens is 196 g/mol. The molecule has 4 heteroatoms. The summed E-state index contributed by atoms with van der Waals surface area (Å²) in [4.78, 5) is 23.0. The topological polar surface area (TPSA) is 52.6 Å². The minimum absolute atomic E-state index is 0.0374. The molecule has 0 spiro atoms. The quantitative estimate of drug-likeness (QED) is 0.391. The largest absolute Gasteiger partial charge is 0.468 e. The molecule has 0 unspecified atom stereocenters. The molecule has 0 aromatic rings. The highest BCUT2D eigenvalue weighted by Gasteiger charge is 2.67. The van der Waals surface area contributed by atoms with Crippen molar-refractivity contribution in [2.24, 2.45) is 11.3 Å². The summed E-state index contributed by atoms with van der Waals surface area (Å²) < 4.78 is 9.29. The Morgan fingerprint density at radius 1 is 1.40 bits per heavy atom. The van der Waals surface area contributed by atoms with E-state index in [1.807, 2.05) is 0 Å². The van der Waals surface area contributed by atoms with E-state index in [9.17, 15) is 9.59 Å². The molecule has 1 fully saturated rings. The lowest BCUT2D eigenvalue weighted by Gasteiger charge is -2.11. The van der Waals surface area contributed by atoms with Crippen LogP contribution in [0.3, 0.4) is 0 Å². The van der Waals surface area contributed by atoms with Crippen LogP contribution in [0.2, 0.25) is 0 Å². The molecule has 0 radical (unpaired) electrons. The van der Waals surface area contributed by atoms with Crippen molar-refractivity contribution in [3.63, 3.8) is 0 Å². The SMILES string of the molecule is C=CCC[C@H]1CC1(C(=O)OC)C(=O)OC. The molecule has 0 aromatic carbocycles. The zero-order chi connectivity index (χ0) is 11.5. The third-order valence-corrected chi connectivity index (χ3v) is 2.92. The van der Waals surface area contributed by atoms with Crippen molar-refractivity contribution in [1.82, 2.24) is 0 Å². The molecule has 0 N–H and O–H groups in total. The van der Waals surface area contributed by atoms with Crippen molar-refractivity contribution in [3.8, 4) is 0 Å². The van der Waals surface area contributed by atoms with Gasteiger partial charge >= 0.3 is 11.9 Å². The van der Waals surface area contributed by atoms with Crippen LogP contribution < -0.4 is 0 Å². The Morgan fingerprint density at radius 2 is 1.93 bits per heavy atom. The van der Waals surface area contributed by atoms with E-state index in [-0.39, 0.29) is 5.92 Å². The van der Waals surface area contributed by atoms with Crippen LogP contribution in [0.4, 0.5) is 0 Å². The Hall–Kier alpha value is -1.32. The minimum Gasteiger partial charge on any atom is -0.468 e. The van der Waals surface area contributed by atoms with Crippen LogP contribution >= 0.6 is 0 Å². The Balaban J connectivity index is 2.71. The molecule has 0 amide bonds. The lowest BCUT2D eigenvalue weighted by Crippen LogP contribution is -2.30. The summed E-state index contributed by atoms with van der Waals surface area (Å²) in [6.07, 6.45) is 3.87. The van der Waals surface area contributed by atoms with Gasteiger partial charge in [0.05, 0.1) is 14.2 Å². The number of rotatable bonds is 5. The van der Waals surface area contributed by atoms with E-state index in [1.54, 1.807) is 6.08 Å². The highest BCUT2D eigenvalue weighted by molar-refractivity contribution is 6.03. The summed E-state index contributed by atoms with van der Waals surface area (Å²) in [5, 5.41) is 0.